The number of aryl methyl sites for hydroxylation is 1. The molecule has 2 aromatic rings. The van der Waals surface area contributed by atoms with Gasteiger partial charge in [0, 0.05) is 30.9 Å². The van der Waals surface area contributed by atoms with Crippen molar-refractivity contribution in [3.63, 3.8) is 0 Å². The van der Waals surface area contributed by atoms with Gasteiger partial charge in [-0.2, -0.15) is 0 Å². The molecule has 0 saturated carbocycles. The molecule has 3 rings (SSSR count). The number of carbonyl (C=O) groups excluding carboxylic acids is 1. The quantitative estimate of drug-likeness (QED) is 0.884. The number of hydrogen-bond donors (Lipinski definition) is 1. The van der Waals surface area contributed by atoms with E-state index in [2.05, 4.69) is 29.3 Å². The van der Waals surface area contributed by atoms with Crippen LogP contribution in [0.1, 0.15) is 28.6 Å². The van der Waals surface area contributed by atoms with E-state index >= 15 is 0 Å². The van der Waals surface area contributed by atoms with Gasteiger partial charge in [-0.05, 0) is 23.4 Å². The predicted octanol–water partition coefficient (Wildman–Crippen LogP) is 2.92. The summed E-state index contributed by atoms with van der Waals surface area (Å²) in [5.74, 6) is 0.0721. The number of fused-ring (bicyclic) bond motifs is 1. The lowest BCUT2D eigenvalue weighted by molar-refractivity contribution is 0.0383. The maximum atomic E-state index is 12.6. The van der Waals surface area contributed by atoms with Crippen molar-refractivity contribution in [1.82, 2.24) is 10.2 Å². The van der Waals surface area contributed by atoms with E-state index in [0.717, 1.165) is 50.6 Å². The molecule has 2 heterocycles. The smallest absolute Gasteiger partial charge is 0.261 e. The van der Waals surface area contributed by atoms with Crippen LogP contribution in [-0.4, -0.2) is 50.2 Å². The molecule has 4 nitrogen and oxygen atoms in total. The van der Waals surface area contributed by atoms with Crippen LogP contribution in [0.2, 0.25) is 0 Å². The number of thiophene rings is 1. The van der Waals surface area contributed by atoms with E-state index in [1.54, 1.807) is 11.3 Å². The van der Waals surface area contributed by atoms with Gasteiger partial charge in [-0.15, -0.1) is 11.3 Å². The molecule has 23 heavy (non-hydrogen) atoms. The van der Waals surface area contributed by atoms with Crippen LogP contribution in [0.5, 0.6) is 0 Å². The number of morpholine rings is 1. The molecule has 0 spiro atoms. The zero-order valence-electron chi connectivity index (χ0n) is 13.6. The number of nitrogens with one attached hydrogen (secondary N) is 1. The van der Waals surface area contributed by atoms with Gasteiger partial charge in [-0.25, -0.2) is 0 Å². The molecular formula is C18H24N2O2S. The molecule has 1 fully saturated rings. The summed E-state index contributed by atoms with van der Waals surface area (Å²) in [5.41, 5.74) is 1.21. The number of rotatable bonds is 6. The van der Waals surface area contributed by atoms with Crippen molar-refractivity contribution >= 4 is 27.3 Å². The fraction of sp³-hybridized carbons (Fsp3) is 0.500. The standard InChI is InChI=1S/C18H24N2O2S/c1-2-5-15-14-6-3-4-7-16(14)23-17(15)18(21)19-8-9-20-10-12-22-13-11-20/h3-4,6-7H,2,5,8-13H2,1H3,(H,19,21). The van der Waals surface area contributed by atoms with Crippen LogP contribution in [0.3, 0.4) is 0 Å². The largest absolute Gasteiger partial charge is 0.379 e. The molecule has 0 radical (unpaired) electrons. The topological polar surface area (TPSA) is 41.6 Å². The van der Waals surface area contributed by atoms with Crippen LogP contribution in [0.25, 0.3) is 10.1 Å². The second-order valence-corrected chi connectivity index (χ2v) is 6.92. The highest BCUT2D eigenvalue weighted by Gasteiger charge is 2.18. The second-order valence-electron chi connectivity index (χ2n) is 5.87. The van der Waals surface area contributed by atoms with Crippen LogP contribution in [0.4, 0.5) is 0 Å². The van der Waals surface area contributed by atoms with Gasteiger partial charge in [0.2, 0.25) is 0 Å². The molecule has 1 aromatic heterocycles. The first kappa shape index (κ1) is 16.4. The Bertz CT molecular complexity index is 662. The van der Waals surface area contributed by atoms with Crippen LogP contribution in [0.15, 0.2) is 24.3 Å². The number of benzene rings is 1. The molecule has 0 atom stereocenters. The molecule has 0 unspecified atom stereocenters. The van der Waals surface area contributed by atoms with Gasteiger partial charge in [-0.3, -0.25) is 9.69 Å². The Kier molecular flexibility index (Phi) is 5.65. The summed E-state index contributed by atoms with van der Waals surface area (Å²) >= 11 is 1.61. The van der Waals surface area contributed by atoms with Crippen LogP contribution in [-0.2, 0) is 11.2 Å². The Labute approximate surface area is 141 Å². The molecule has 1 aromatic carbocycles. The Morgan fingerprint density at radius 1 is 1.30 bits per heavy atom. The number of ether oxygens (including phenoxy) is 1. The van der Waals surface area contributed by atoms with Crippen molar-refractivity contribution in [2.45, 2.75) is 19.8 Å². The molecule has 124 valence electrons. The third-order valence-corrected chi connectivity index (χ3v) is 5.43. The van der Waals surface area contributed by atoms with E-state index in [4.69, 9.17) is 4.74 Å². The minimum Gasteiger partial charge on any atom is -0.379 e. The number of amides is 1. The highest BCUT2D eigenvalue weighted by atomic mass is 32.1. The minimum absolute atomic E-state index is 0.0721. The highest BCUT2D eigenvalue weighted by molar-refractivity contribution is 7.21. The lowest BCUT2D eigenvalue weighted by Crippen LogP contribution is -2.41. The van der Waals surface area contributed by atoms with E-state index in [9.17, 15) is 4.79 Å². The van der Waals surface area contributed by atoms with Crippen LogP contribution in [0, 0.1) is 0 Å². The fourth-order valence-corrected chi connectivity index (χ4v) is 4.18. The van der Waals surface area contributed by atoms with E-state index in [1.165, 1.54) is 15.6 Å². The Hall–Kier alpha value is -1.43. The minimum atomic E-state index is 0.0721. The van der Waals surface area contributed by atoms with Gasteiger partial charge in [-0.1, -0.05) is 31.5 Å². The van der Waals surface area contributed by atoms with Crippen molar-refractivity contribution in [2.75, 3.05) is 39.4 Å². The highest BCUT2D eigenvalue weighted by Crippen LogP contribution is 2.32. The van der Waals surface area contributed by atoms with Crippen LogP contribution >= 0.6 is 11.3 Å². The summed E-state index contributed by atoms with van der Waals surface area (Å²) in [4.78, 5) is 15.8. The Morgan fingerprint density at radius 3 is 2.87 bits per heavy atom. The van der Waals surface area contributed by atoms with Gasteiger partial charge in [0.05, 0.1) is 18.1 Å². The lowest BCUT2D eigenvalue weighted by atomic mass is 10.1. The summed E-state index contributed by atoms with van der Waals surface area (Å²) in [6.07, 6.45) is 2.00. The second kappa shape index (κ2) is 7.90. The van der Waals surface area contributed by atoms with Gasteiger partial charge in [0.1, 0.15) is 0 Å². The third-order valence-electron chi connectivity index (χ3n) is 4.22. The normalized spacial score (nSPS) is 15.9. The molecule has 1 aliphatic heterocycles. The molecule has 5 heteroatoms. The van der Waals surface area contributed by atoms with Crippen molar-refractivity contribution in [3.05, 3.63) is 34.7 Å². The average molecular weight is 332 g/mol. The first-order valence-electron chi connectivity index (χ1n) is 8.38. The molecule has 1 amide bonds. The Balaban J connectivity index is 1.66. The summed E-state index contributed by atoms with van der Waals surface area (Å²) in [7, 11) is 0. The number of hydrogen-bond acceptors (Lipinski definition) is 4. The number of nitrogens with zero attached hydrogens (tertiary/aromatic N) is 1. The third kappa shape index (κ3) is 3.91. The van der Waals surface area contributed by atoms with Crippen molar-refractivity contribution in [3.8, 4) is 0 Å². The van der Waals surface area contributed by atoms with Gasteiger partial charge < -0.3 is 10.1 Å². The summed E-state index contributed by atoms with van der Waals surface area (Å²) in [6.45, 7) is 7.25. The maximum absolute atomic E-state index is 12.6. The van der Waals surface area contributed by atoms with E-state index in [-0.39, 0.29) is 5.91 Å². The summed E-state index contributed by atoms with van der Waals surface area (Å²) in [6, 6.07) is 8.31. The predicted molar refractivity (Wildman–Crippen MR) is 95.4 cm³/mol. The number of carbonyl (C=O) groups is 1. The van der Waals surface area contributed by atoms with Gasteiger partial charge in [0.15, 0.2) is 0 Å². The van der Waals surface area contributed by atoms with Gasteiger partial charge in [0.25, 0.3) is 5.91 Å². The van der Waals surface area contributed by atoms with E-state index in [0.29, 0.717) is 6.54 Å². The van der Waals surface area contributed by atoms with Crippen molar-refractivity contribution in [2.24, 2.45) is 0 Å². The van der Waals surface area contributed by atoms with Crippen LogP contribution < -0.4 is 5.32 Å². The first-order chi connectivity index (χ1) is 11.3. The molecule has 1 N–H and O–H groups in total. The summed E-state index contributed by atoms with van der Waals surface area (Å²) in [5, 5.41) is 4.33. The monoisotopic (exact) mass is 332 g/mol. The first-order valence-corrected chi connectivity index (χ1v) is 9.20. The Morgan fingerprint density at radius 2 is 2.09 bits per heavy atom. The zero-order valence-corrected chi connectivity index (χ0v) is 14.5. The van der Waals surface area contributed by atoms with E-state index in [1.807, 2.05) is 12.1 Å². The van der Waals surface area contributed by atoms with Gasteiger partial charge >= 0.3 is 0 Å². The lowest BCUT2D eigenvalue weighted by Gasteiger charge is -2.26. The molecular weight excluding hydrogens is 308 g/mol. The fourth-order valence-electron chi connectivity index (χ4n) is 3.01. The SMILES string of the molecule is CCCc1c(C(=O)NCCN2CCOCC2)sc2ccccc12. The maximum Gasteiger partial charge on any atom is 0.261 e. The molecule has 1 saturated heterocycles. The average Bonchev–Trinajstić information content (AvgIpc) is 2.95. The molecule has 1 aliphatic rings. The molecule has 0 aliphatic carbocycles. The zero-order chi connectivity index (χ0) is 16.1. The van der Waals surface area contributed by atoms with Crippen molar-refractivity contribution in [1.29, 1.82) is 0 Å². The summed E-state index contributed by atoms with van der Waals surface area (Å²) < 4.78 is 6.55. The van der Waals surface area contributed by atoms with E-state index < -0.39 is 0 Å². The molecule has 0 bridgehead atoms. The van der Waals surface area contributed by atoms with Crippen molar-refractivity contribution < 1.29 is 9.53 Å².